The van der Waals surface area contributed by atoms with Crippen molar-refractivity contribution in [2.45, 2.75) is 19.9 Å². The van der Waals surface area contributed by atoms with Crippen molar-refractivity contribution in [3.05, 3.63) is 41.1 Å². The third-order valence-electron chi connectivity index (χ3n) is 4.87. The molecule has 6 nitrogen and oxygen atoms in total. The van der Waals surface area contributed by atoms with Gasteiger partial charge in [-0.15, -0.1) is 0 Å². The van der Waals surface area contributed by atoms with Crippen molar-refractivity contribution in [3.63, 3.8) is 0 Å². The summed E-state index contributed by atoms with van der Waals surface area (Å²) >= 11 is 0. The standard InChI is InChI=1S/C19H25N5O/c1-14-4-3-5-15(12-14)25-18-16-13-20-7-6-17(16)21-19(22-18)24-10-8-23(2)9-11-24/h3-5,12,20H,6-11,13H2,1-2H3. The predicted molar refractivity (Wildman–Crippen MR) is 98.4 cm³/mol. The van der Waals surface area contributed by atoms with Gasteiger partial charge in [-0.25, -0.2) is 4.98 Å². The summed E-state index contributed by atoms with van der Waals surface area (Å²) in [5.41, 5.74) is 3.38. The Labute approximate surface area is 148 Å². The van der Waals surface area contributed by atoms with Crippen LogP contribution in [0.4, 0.5) is 5.95 Å². The van der Waals surface area contributed by atoms with Crippen LogP contribution < -0.4 is 15.0 Å². The summed E-state index contributed by atoms with van der Waals surface area (Å²) in [6.07, 6.45) is 0.919. The van der Waals surface area contributed by atoms with Crippen LogP contribution in [-0.4, -0.2) is 54.6 Å². The molecule has 0 radical (unpaired) electrons. The highest BCUT2D eigenvalue weighted by Gasteiger charge is 2.23. The first-order chi connectivity index (χ1) is 12.2. The van der Waals surface area contributed by atoms with Gasteiger partial charge >= 0.3 is 0 Å². The van der Waals surface area contributed by atoms with E-state index < -0.39 is 0 Å². The lowest BCUT2D eigenvalue weighted by Crippen LogP contribution is -2.45. The number of hydrogen-bond acceptors (Lipinski definition) is 6. The molecular formula is C19H25N5O. The van der Waals surface area contributed by atoms with Crippen molar-refractivity contribution < 1.29 is 4.74 Å². The van der Waals surface area contributed by atoms with Gasteiger partial charge in [-0.1, -0.05) is 12.1 Å². The molecule has 1 N–H and O–H groups in total. The third kappa shape index (κ3) is 3.60. The molecule has 2 aromatic rings. The molecule has 1 saturated heterocycles. The summed E-state index contributed by atoms with van der Waals surface area (Å²) in [4.78, 5) is 14.3. The van der Waals surface area contributed by atoms with E-state index in [0.717, 1.165) is 68.6 Å². The summed E-state index contributed by atoms with van der Waals surface area (Å²) in [5, 5.41) is 3.40. The van der Waals surface area contributed by atoms with E-state index in [1.165, 1.54) is 5.56 Å². The van der Waals surface area contributed by atoms with Crippen LogP contribution in [0, 0.1) is 6.92 Å². The minimum absolute atomic E-state index is 0.691. The molecule has 0 saturated carbocycles. The average Bonchev–Trinajstić information content (AvgIpc) is 2.62. The van der Waals surface area contributed by atoms with Crippen molar-refractivity contribution >= 4 is 5.95 Å². The number of rotatable bonds is 3. The summed E-state index contributed by atoms with van der Waals surface area (Å²) in [6, 6.07) is 8.10. The van der Waals surface area contributed by atoms with Crippen LogP contribution in [0.2, 0.25) is 0 Å². The lowest BCUT2D eigenvalue weighted by atomic mass is 10.1. The number of hydrogen-bond donors (Lipinski definition) is 1. The lowest BCUT2D eigenvalue weighted by molar-refractivity contribution is 0.310. The van der Waals surface area contributed by atoms with Crippen molar-refractivity contribution in [1.29, 1.82) is 0 Å². The lowest BCUT2D eigenvalue weighted by Gasteiger charge is -2.33. The zero-order valence-electron chi connectivity index (χ0n) is 15.0. The molecule has 0 spiro atoms. The van der Waals surface area contributed by atoms with Crippen LogP contribution in [0.15, 0.2) is 24.3 Å². The Morgan fingerprint density at radius 2 is 1.96 bits per heavy atom. The van der Waals surface area contributed by atoms with Gasteiger partial charge in [0.25, 0.3) is 0 Å². The Bertz CT molecular complexity index is 755. The summed E-state index contributed by atoms with van der Waals surface area (Å²) in [7, 11) is 2.16. The molecule has 0 amide bonds. The highest BCUT2D eigenvalue weighted by atomic mass is 16.5. The molecule has 1 aromatic heterocycles. The number of piperazine rings is 1. The van der Waals surface area contributed by atoms with Gasteiger partial charge in [-0.3, -0.25) is 0 Å². The van der Waals surface area contributed by atoms with E-state index in [9.17, 15) is 0 Å². The zero-order chi connectivity index (χ0) is 17.2. The maximum atomic E-state index is 6.18. The predicted octanol–water partition coefficient (Wildman–Crippen LogP) is 1.97. The molecule has 6 heteroatoms. The Kier molecular flexibility index (Phi) is 4.55. The first-order valence-corrected chi connectivity index (χ1v) is 8.97. The molecular weight excluding hydrogens is 314 g/mol. The van der Waals surface area contributed by atoms with Gasteiger partial charge in [-0.2, -0.15) is 4.98 Å². The van der Waals surface area contributed by atoms with E-state index in [1.807, 2.05) is 18.2 Å². The van der Waals surface area contributed by atoms with Crippen LogP contribution in [0.1, 0.15) is 16.8 Å². The molecule has 0 atom stereocenters. The van der Waals surface area contributed by atoms with Gasteiger partial charge in [0, 0.05) is 45.7 Å². The van der Waals surface area contributed by atoms with Crippen LogP contribution in [0.5, 0.6) is 11.6 Å². The van der Waals surface area contributed by atoms with E-state index in [4.69, 9.17) is 14.7 Å². The molecule has 2 aliphatic heterocycles. The summed E-state index contributed by atoms with van der Waals surface area (Å²) < 4.78 is 6.18. The van der Waals surface area contributed by atoms with Gasteiger partial charge in [0.15, 0.2) is 0 Å². The number of nitrogens with zero attached hydrogens (tertiary/aromatic N) is 4. The maximum absolute atomic E-state index is 6.18. The highest BCUT2D eigenvalue weighted by molar-refractivity contribution is 5.44. The smallest absolute Gasteiger partial charge is 0.228 e. The Morgan fingerprint density at radius 1 is 1.12 bits per heavy atom. The van der Waals surface area contributed by atoms with Crippen LogP contribution in [0.25, 0.3) is 0 Å². The van der Waals surface area contributed by atoms with Crippen LogP contribution in [-0.2, 0) is 13.0 Å². The second-order valence-corrected chi connectivity index (χ2v) is 6.89. The fourth-order valence-corrected chi connectivity index (χ4v) is 3.32. The minimum atomic E-state index is 0.691. The fourth-order valence-electron chi connectivity index (χ4n) is 3.32. The average molecular weight is 339 g/mol. The first kappa shape index (κ1) is 16.3. The van der Waals surface area contributed by atoms with Gasteiger partial charge in [0.1, 0.15) is 5.75 Å². The molecule has 1 aromatic carbocycles. The molecule has 0 unspecified atom stereocenters. The molecule has 4 rings (SSSR count). The van der Waals surface area contributed by atoms with Crippen LogP contribution in [0.3, 0.4) is 0 Å². The van der Waals surface area contributed by atoms with Crippen molar-refractivity contribution in [1.82, 2.24) is 20.2 Å². The molecule has 25 heavy (non-hydrogen) atoms. The molecule has 3 heterocycles. The third-order valence-corrected chi connectivity index (χ3v) is 4.87. The normalized spacial score (nSPS) is 18.1. The van der Waals surface area contributed by atoms with Crippen molar-refractivity contribution in [2.75, 3.05) is 44.7 Å². The van der Waals surface area contributed by atoms with E-state index in [-0.39, 0.29) is 0 Å². The molecule has 0 aliphatic carbocycles. The maximum Gasteiger partial charge on any atom is 0.228 e. The molecule has 132 valence electrons. The van der Waals surface area contributed by atoms with Gasteiger partial charge in [0.2, 0.25) is 11.8 Å². The minimum Gasteiger partial charge on any atom is -0.438 e. The number of ether oxygens (including phenoxy) is 1. The topological polar surface area (TPSA) is 53.5 Å². The number of likely N-dealkylation sites (N-methyl/N-ethyl adjacent to an activating group) is 1. The SMILES string of the molecule is Cc1cccc(Oc2nc(N3CCN(C)CC3)nc3c2CNCC3)c1. The number of anilines is 1. The second kappa shape index (κ2) is 6.98. The largest absolute Gasteiger partial charge is 0.438 e. The Balaban J connectivity index is 1.67. The quantitative estimate of drug-likeness (QED) is 0.923. The summed E-state index contributed by atoms with van der Waals surface area (Å²) in [6.45, 7) is 7.77. The van der Waals surface area contributed by atoms with E-state index in [1.54, 1.807) is 0 Å². The van der Waals surface area contributed by atoms with Crippen molar-refractivity contribution in [3.8, 4) is 11.6 Å². The van der Waals surface area contributed by atoms with E-state index >= 15 is 0 Å². The van der Waals surface area contributed by atoms with Gasteiger partial charge < -0.3 is 19.9 Å². The van der Waals surface area contributed by atoms with Gasteiger partial charge in [-0.05, 0) is 31.7 Å². The van der Waals surface area contributed by atoms with E-state index in [0.29, 0.717) is 5.88 Å². The van der Waals surface area contributed by atoms with Gasteiger partial charge in [0.05, 0.1) is 11.3 Å². The Morgan fingerprint density at radius 3 is 2.76 bits per heavy atom. The number of benzene rings is 1. The Hall–Kier alpha value is -2.18. The number of nitrogens with one attached hydrogen (secondary N) is 1. The molecule has 1 fully saturated rings. The number of fused-ring (bicyclic) bond motifs is 1. The van der Waals surface area contributed by atoms with Crippen LogP contribution >= 0.6 is 0 Å². The molecule has 2 aliphatic rings. The highest BCUT2D eigenvalue weighted by Crippen LogP contribution is 2.29. The van der Waals surface area contributed by atoms with Crippen molar-refractivity contribution in [2.24, 2.45) is 0 Å². The second-order valence-electron chi connectivity index (χ2n) is 6.89. The first-order valence-electron chi connectivity index (χ1n) is 8.97. The molecule has 0 bridgehead atoms. The summed E-state index contributed by atoms with van der Waals surface area (Å²) in [5.74, 6) is 2.32. The number of aryl methyl sites for hydroxylation is 1. The zero-order valence-corrected chi connectivity index (χ0v) is 15.0. The number of aromatic nitrogens is 2. The fraction of sp³-hybridized carbons (Fsp3) is 0.474. The van der Waals surface area contributed by atoms with E-state index in [2.05, 4.69) is 35.2 Å². The monoisotopic (exact) mass is 339 g/mol.